The molecule has 0 unspecified atom stereocenters. The van der Waals surface area contributed by atoms with Crippen LogP contribution in [0.4, 0.5) is 5.69 Å². The Morgan fingerprint density at radius 3 is 2.67 bits per heavy atom. The first kappa shape index (κ1) is 15.0. The van der Waals surface area contributed by atoms with Gasteiger partial charge in [0.05, 0.1) is 10.5 Å². The molecule has 6 heteroatoms. The Balaban J connectivity index is 2.32. The third-order valence-corrected chi connectivity index (χ3v) is 3.56. The fourth-order valence-electron chi connectivity index (χ4n) is 1.86. The van der Waals surface area contributed by atoms with Gasteiger partial charge in [-0.05, 0) is 36.8 Å². The van der Waals surface area contributed by atoms with Crippen molar-refractivity contribution < 1.29 is 9.66 Å². The van der Waals surface area contributed by atoms with Gasteiger partial charge in [-0.2, -0.15) is 5.26 Å². The van der Waals surface area contributed by atoms with Crippen molar-refractivity contribution in [1.29, 1.82) is 5.26 Å². The van der Waals surface area contributed by atoms with Crippen molar-refractivity contribution >= 4 is 21.6 Å². The van der Waals surface area contributed by atoms with Crippen LogP contribution in [0.5, 0.6) is 11.5 Å². The lowest BCUT2D eigenvalue weighted by atomic mass is 10.1. The summed E-state index contributed by atoms with van der Waals surface area (Å²) in [5.74, 6) is 0.886. The Bertz CT molecular complexity index is 738. The molecule has 0 heterocycles. The molecule has 0 fully saturated rings. The highest BCUT2D eigenvalue weighted by molar-refractivity contribution is 9.08. The second-order valence-corrected chi connectivity index (χ2v) is 4.94. The maximum atomic E-state index is 10.8. The molecule has 0 bridgehead atoms. The number of nitriles is 1. The van der Waals surface area contributed by atoms with Crippen LogP contribution in [0, 0.1) is 28.4 Å². The molecular weight excluding hydrogens is 336 g/mol. The zero-order valence-corrected chi connectivity index (χ0v) is 12.8. The van der Waals surface area contributed by atoms with Gasteiger partial charge in [0.25, 0.3) is 5.69 Å². The van der Waals surface area contributed by atoms with E-state index in [-0.39, 0.29) is 5.69 Å². The molecule has 5 nitrogen and oxygen atoms in total. The van der Waals surface area contributed by atoms with Crippen LogP contribution in [-0.4, -0.2) is 4.92 Å². The van der Waals surface area contributed by atoms with Gasteiger partial charge in [-0.3, -0.25) is 10.1 Å². The van der Waals surface area contributed by atoms with E-state index in [0.29, 0.717) is 28.0 Å². The molecule has 0 amide bonds. The van der Waals surface area contributed by atoms with E-state index in [0.717, 1.165) is 5.56 Å². The van der Waals surface area contributed by atoms with Crippen molar-refractivity contribution in [2.75, 3.05) is 0 Å². The zero-order chi connectivity index (χ0) is 15.4. The second-order valence-electron chi connectivity index (χ2n) is 4.38. The van der Waals surface area contributed by atoms with Crippen LogP contribution in [-0.2, 0) is 5.33 Å². The first-order valence-corrected chi connectivity index (χ1v) is 7.19. The van der Waals surface area contributed by atoms with Crippen LogP contribution < -0.4 is 4.74 Å². The summed E-state index contributed by atoms with van der Waals surface area (Å²) in [5.41, 5.74) is 1.94. The number of rotatable bonds is 4. The fourth-order valence-corrected chi connectivity index (χ4v) is 2.21. The van der Waals surface area contributed by atoms with E-state index in [1.165, 1.54) is 12.1 Å². The third kappa shape index (κ3) is 3.38. The number of ether oxygens (including phenoxy) is 1. The van der Waals surface area contributed by atoms with Crippen LogP contribution in [0.3, 0.4) is 0 Å². The number of alkyl halides is 1. The largest absolute Gasteiger partial charge is 0.456 e. The molecule has 106 valence electrons. The van der Waals surface area contributed by atoms with Crippen molar-refractivity contribution in [2.24, 2.45) is 0 Å². The topological polar surface area (TPSA) is 76.2 Å². The van der Waals surface area contributed by atoms with Crippen LogP contribution >= 0.6 is 15.9 Å². The van der Waals surface area contributed by atoms with Crippen molar-refractivity contribution in [1.82, 2.24) is 0 Å². The monoisotopic (exact) mass is 346 g/mol. The molecule has 0 aromatic heterocycles. The Morgan fingerprint density at radius 2 is 2.10 bits per heavy atom. The van der Waals surface area contributed by atoms with E-state index in [1.807, 2.05) is 6.07 Å². The quantitative estimate of drug-likeness (QED) is 0.465. The number of hydrogen-bond donors (Lipinski definition) is 0. The SMILES string of the molecule is Cc1cc(Oc2ccc(CBr)cc2C#N)ccc1[N+](=O)[O-]. The van der Waals surface area contributed by atoms with E-state index < -0.39 is 4.92 Å². The number of nitrogens with zero attached hydrogens (tertiary/aromatic N) is 2. The standard InChI is InChI=1S/C15H11BrN2O3/c1-10-6-13(3-4-14(10)18(19)20)21-15-5-2-11(8-16)7-12(15)9-17/h2-7H,8H2,1H3. The lowest BCUT2D eigenvalue weighted by molar-refractivity contribution is -0.385. The van der Waals surface area contributed by atoms with Crippen LogP contribution in [0.15, 0.2) is 36.4 Å². The van der Waals surface area contributed by atoms with Gasteiger partial charge in [-0.15, -0.1) is 0 Å². The van der Waals surface area contributed by atoms with Gasteiger partial charge >= 0.3 is 0 Å². The summed E-state index contributed by atoms with van der Waals surface area (Å²) in [7, 11) is 0. The number of benzene rings is 2. The maximum absolute atomic E-state index is 10.8. The Morgan fingerprint density at radius 1 is 1.33 bits per heavy atom. The van der Waals surface area contributed by atoms with Gasteiger partial charge in [-0.25, -0.2) is 0 Å². The van der Waals surface area contributed by atoms with Crippen molar-refractivity contribution in [2.45, 2.75) is 12.3 Å². The number of hydrogen-bond acceptors (Lipinski definition) is 4. The van der Waals surface area contributed by atoms with Crippen molar-refractivity contribution in [3.8, 4) is 17.6 Å². The van der Waals surface area contributed by atoms with Gasteiger partial charge in [0, 0.05) is 17.0 Å². The molecule has 0 N–H and O–H groups in total. The summed E-state index contributed by atoms with van der Waals surface area (Å²) in [6, 6.07) is 11.9. The molecule has 0 radical (unpaired) electrons. The molecule has 0 aliphatic heterocycles. The van der Waals surface area contributed by atoms with Crippen molar-refractivity contribution in [3.63, 3.8) is 0 Å². The molecule has 0 spiro atoms. The first-order valence-electron chi connectivity index (χ1n) is 6.07. The molecule has 0 saturated heterocycles. The minimum Gasteiger partial charge on any atom is -0.456 e. The van der Waals surface area contributed by atoms with Gasteiger partial charge in [0.15, 0.2) is 0 Å². The lowest BCUT2D eigenvalue weighted by Gasteiger charge is -2.09. The Labute approximate surface area is 130 Å². The predicted octanol–water partition coefficient (Wildman–Crippen LogP) is 4.46. The highest BCUT2D eigenvalue weighted by Crippen LogP contribution is 2.29. The summed E-state index contributed by atoms with van der Waals surface area (Å²) < 4.78 is 5.66. The number of halogens is 1. The number of nitro benzene ring substituents is 1. The second kappa shape index (κ2) is 6.37. The summed E-state index contributed by atoms with van der Waals surface area (Å²) in [4.78, 5) is 10.3. The summed E-state index contributed by atoms with van der Waals surface area (Å²) >= 11 is 3.33. The smallest absolute Gasteiger partial charge is 0.272 e. The molecule has 0 aliphatic rings. The summed E-state index contributed by atoms with van der Waals surface area (Å²) in [6.07, 6.45) is 0. The number of aryl methyl sites for hydroxylation is 1. The van der Waals surface area contributed by atoms with E-state index in [2.05, 4.69) is 22.0 Å². The molecule has 0 saturated carbocycles. The molecule has 0 aliphatic carbocycles. The molecule has 21 heavy (non-hydrogen) atoms. The number of nitro groups is 1. The predicted molar refractivity (Wildman–Crippen MR) is 81.7 cm³/mol. The Kier molecular flexibility index (Phi) is 4.55. The average Bonchev–Trinajstić information content (AvgIpc) is 2.47. The average molecular weight is 347 g/mol. The molecule has 2 aromatic rings. The van der Waals surface area contributed by atoms with E-state index >= 15 is 0 Å². The molecule has 2 rings (SSSR count). The Hall–Kier alpha value is -2.39. The maximum Gasteiger partial charge on any atom is 0.272 e. The van der Waals surface area contributed by atoms with Gasteiger partial charge < -0.3 is 4.74 Å². The molecule has 0 atom stereocenters. The lowest BCUT2D eigenvalue weighted by Crippen LogP contribution is -1.94. The summed E-state index contributed by atoms with van der Waals surface area (Å²) in [5, 5.41) is 20.6. The van der Waals surface area contributed by atoms with Crippen molar-refractivity contribution in [3.05, 3.63) is 63.2 Å². The van der Waals surface area contributed by atoms with Gasteiger partial charge in [-0.1, -0.05) is 22.0 Å². The molecular formula is C15H11BrN2O3. The third-order valence-electron chi connectivity index (χ3n) is 2.91. The normalized spacial score (nSPS) is 9.95. The van der Waals surface area contributed by atoms with Crippen LogP contribution in [0.2, 0.25) is 0 Å². The minimum atomic E-state index is -0.440. The van der Waals surface area contributed by atoms with Gasteiger partial charge in [0.2, 0.25) is 0 Å². The molecule has 2 aromatic carbocycles. The van der Waals surface area contributed by atoms with E-state index in [1.54, 1.807) is 25.1 Å². The zero-order valence-electron chi connectivity index (χ0n) is 11.2. The summed E-state index contributed by atoms with van der Waals surface area (Å²) in [6.45, 7) is 1.64. The van der Waals surface area contributed by atoms with Crippen LogP contribution in [0.1, 0.15) is 16.7 Å². The van der Waals surface area contributed by atoms with E-state index in [9.17, 15) is 10.1 Å². The van der Waals surface area contributed by atoms with Gasteiger partial charge in [0.1, 0.15) is 17.6 Å². The first-order chi connectivity index (χ1) is 10.0. The van der Waals surface area contributed by atoms with Crippen LogP contribution in [0.25, 0.3) is 0 Å². The van der Waals surface area contributed by atoms with E-state index in [4.69, 9.17) is 10.00 Å². The highest BCUT2D eigenvalue weighted by atomic mass is 79.9. The minimum absolute atomic E-state index is 0.0393. The fraction of sp³-hybridized carbons (Fsp3) is 0.133. The highest BCUT2D eigenvalue weighted by Gasteiger charge is 2.12.